The van der Waals surface area contributed by atoms with Crippen molar-refractivity contribution < 1.29 is 4.74 Å². The number of rotatable bonds is 2. The molecule has 1 N–H and O–H groups in total. The third-order valence-corrected chi connectivity index (χ3v) is 3.81. The monoisotopic (exact) mass is 232 g/mol. The van der Waals surface area contributed by atoms with Crippen molar-refractivity contribution in [2.45, 2.75) is 25.4 Å². The molecule has 1 unspecified atom stereocenters. The molecule has 0 radical (unpaired) electrons. The number of nitrogens with zero attached hydrogens (tertiary/aromatic N) is 1. The second-order valence-electron chi connectivity index (χ2n) is 5.50. The van der Waals surface area contributed by atoms with Crippen LogP contribution in [0.3, 0.4) is 0 Å². The minimum atomic E-state index is -0.0214. The van der Waals surface area contributed by atoms with Gasteiger partial charge >= 0.3 is 0 Å². The number of likely N-dealkylation sites (N-methyl/N-ethyl adjacent to an activating group) is 1. The van der Waals surface area contributed by atoms with E-state index in [4.69, 9.17) is 4.74 Å². The second kappa shape index (κ2) is 3.91. The van der Waals surface area contributed by atoms with E-state index in [0.29, 0.717) is 0 Å². The summed E-state index contributed by atoms with van der Waals surface area (Å²) < 4.78 is 6.29. The maximum Gasteiger partial charge on any atom is 0.125 e. The Morgan fingerprint density at radius 2 is 2.29 bits per heavy atom. The van der Waals surface area contributed by atoms with Crippen LogP contribution in [0.2, 0.25) is 0 Å². The second-order valence-corrected chi connectivity index (χ2v) is 5.50. The van der Waals surface area contributed by atoms with E-state index in [-0.39, 0.29) is 5.60 Å². The SMILES string of the molecule is CN1CCC(C)(Oc2cccc3c2CCN3)C1. The molecule has 0 saturated carbocycles. The first-order valence-electron chi connectivity index (χ1n) is 6.40. The minimum absolute atomic E-state index is 0.0214. The predicted molar refractivity (Wildman–Crippen MR) is 69.8 cm³/mol. The van der Waals surface area contributed by atoms with Gasteiger partial charge in [0.05, 0.1) is 0 Å². The molecule has 2 aliphatic heterocycles. The highest BCUT2D eigenvalue weighted by Crippen LogP contribution is 2.35. The van der Waals surface area contributed by atoms with Crippen LogP contribution in [-0.2, 0) is 6.42 Å². The number of nitrogens with one attached hydrogen (secondary N) is 1. The highest BCUT2D eigenvalue weighted by atomic mass is 16.5. The molecule has 17 heavy (non-hydrogen) atoms. The van der Waals surface area contributed by atoms with E-state index in [1.54, 1.807) is 0 Å². The lowest BCUT2D eigenvalue weighted by Crippen LogP contribution is -2.35. The van der Waals surface area contributed by atoms with Crippen molar-refractivity contribution >= 4 is 5.69 Å². The highest BCUT2D eigenvalue weighted by molar-refractivity contribution is 5.61. The van der Waals surface area contributed by atoms with E-state index < -0.39 is 0 Å². The average Bonchev–Trinajstić information content (AvgIpc) is 2.86. The molecule has 2 aliphatic rings. The molecule has 92 valence electrons. The van der Waals surface area contributed by atoms with Gasteiger partial charge in [-0.25, -0.2) is 0 Å². The van der Waals surface area contributed by atoms with E-state index in [1.165, 1.54) is 11.3 Å². The molecule has 0 spiro atoms. The average molecular weight is 232 g/mol. The Morgan fingerprint density at radius 1 is 1.41 bits per heavy atom. The molecule has 3 nitrogen and oxygen atoms in total. The molecule has 1 saturated heterocycles. The van der Waals surface area contributed by atoms with Gasteiger partial charge in [-0.1, -0.05) is 6.07 Å². The van der Waals surface area contributed by atoms with Gasteiger partial charge in [-0.3, -0.25) is 0 Å². The lowest BCUT2D eigenvalue weighted by atomic mass is 10.1. The van der Waals surface area contributed by atoms with Gasteiger partial charge < -0.3 is 15.0 Å². The van der Waals surface area contributed by atoms with Crippen molar-refractivity contribution in [2.75, 3.05) is 32.0 Å². The zero-order valence-electron chi connectivity index (χ0n) is 10.6. The van der Waals surface area contributed by atoms with E-state index in [9.17, 15) is 0 Å². The van der Waals surface area contributed by atoms with Gasteiger partial charge in [0.15, 0.2) is 0 Å². The zero-order valence-corrected chi connectivity index (χ0v) is 10.6. The molecule has 1 atom stereocenters. The van der Waals surface area contributed by atoms with Gasteiger partial charge in [0, 0.05) is 37.3 Å². The van der Waals surface area contributed by atoms with Crippen LogP contribution in [0.5, 0.6) is 5.75 Å². The summed E-state index contributed by atoms with van der Waals surface area (Å²) in [7, 11) is 2.16. The Balaban J connectivity index is 1.84. The summed E-state index contributed by atoms with van der Waals surface area (Å²) in [5, 5.41) is 3.40. The first-order chi connectivity index (χ1) is 8.16. The fourth-order valence-electron chi connectivity index (χ4n) is 2.91. The number of benzene rings is 1. The van der Waals surface area contributed by atoms with Crippen LogP contribution in [0.15, 0.2) is 18.2 Å². The molecule has 2 heterocycles. The molecule has 0 bridgehead atoms. The molecule has 1 aromatic carbocycles. The molecule has 3 rings (SSSR count). The van der Waals surface area contributed by atoms with Gasteiger partial charge in [-0.2, -0.15) is 0 Å². The van der Waals surface area contributed by atoms with Crippen LogP contribution in [0.1, 0.15) is 18.9 Å². The number of likely N-dealkylation sites (tertiary alicyclic amines) is 1. The smallest absolute Gasteiger partial charge is 0.125 e. The fourth-order valence-corrected chi connectivity index (χ4v) is 2.91. The minimum Gasteiger partial charge on any atom is -0.486 e. The maximum absolute atomic E-state index is 6.29. The molecule has 0 amide bonds. The van der Waals surface area contributed by atoms with Crippen LogP contribution in [0.25, 0.3) is 0 Å². The van der Waals surface area contributed by atoms with Crippen LogP contribution >= 0.6 is 0 Å². The zero-order chi connectivity index (χ0) is 11.9. The van der Waals surface area contributed by atoms with E-state index in [0.717, 1.165) is 38.2 Å². The van der Waals surface area contributed by atoms with Crippen molar-refractivity contribution in [3.8, 4) is 5.75 Å². The van der Waals surface area contributed by atoms with Crippen molar-refractivity contribution in [1.82, 2.24) is 4.90 Å². The molecule has 1 aromatic rings. The van der Waals surface area contributed by atoms with Crippen molar-refractivity contribution in [1.29, 1.82) is 0 Å². The first kappa shape index (κ1) is 10.9. The Hall–Kier alpha value is -1.22. The number of ether oxygens (including phenoxy) is 1. The van der Waals surface area contributed by atoms with Crippen LogP contribution < -0.4 is 10.1 Å². The number of fused-ring (bicyclic) bond motifs is 1. The standard InChI is InChI=1S/C14H20N2O/c1-14(7-9-16(2)10-14)17-13-5-3-4-12-11(13)6-8-15-12/h3-5,15H,6-10H2,1-2H3. The number of hydrogen-bond donors (Lipinski definition) is 1. The largest absolute Gasteiger partial charge is 0.486 e. The van der Waals surface area contributed by atoms with E-state index >= 15 is 0 Å². The lowest BCUT2D eigenvalue weighted by molar-refractivity contribution is 0.0988. The summed E-state index contributed by atoms with van der Waals surface area (Å²) >= 11 is 0. The lowest BCUT2D eigenvalue weighted by Gasteiger charge is -2.27. The van der Waals surface area contributed by atoms with Crippen molar-refractivity contribution in [2.24, 2.45) is 0 Å². The summed E-state index contributed by atoms with van der Waals surface area (Å²) in [5.41, 5.74) is 2.58. The maximum atomic E-state index is 6.29. The molecule has 3 heteroatoms. The van der Waals surface area contributed by atoms with Crippen LogP contribution in [0, 0.1) is 0 Å². The van der Waals surface area contributed by atoms with Crippen molar-refractivity contribution in [3.05, 3.63) is 23.8 Å². The van der Waals surface area contributed by atoms with Crippen molar-refractivity contribution in [3.63, 3.8) is 0 Å². The summed E-state index contributed by atoms with van der Waals surface area (Å²) in [6, 6.07) is 6.32. The number of anilines is 1. The summed E-state index contributed by atoms with van der Waals surface area (Å²) in [6.45, 7) is 5.40. The Kier molecular flexibility index (Phi) is 2.51. The molecule has 0 aromatic heterocycles. The highest BCUT2D eigenvalue weighted by Gasteiger charge is 2.34. The molecule has 1 fully saturated rings. The molecular formula is C14H20N2O. The summed E-state index contributed by atoms with van der Waals surface area (Å²) in [4.78, 5) is 2.33. The van der Waals surface area contributed by atoms with Gasteiger partial charge in [-0.05, 0) is 32.5 Å². The van der Waals surface area contributed by atoms with Crippen LogP contribution in [0.4, 0.5) is 5.69 Å². The van der Waals surface area contributed by atoms with E-state index in [2.05, 4.69) is 42.4 Å². The normalized spacial score (nSPS) is 27.9. The summed E-state index contributed by atoms with van der Waals surface area (Å²) in [6.07, 6.45) is 2.19. The van der Waals surface area contributed by atoms with Gasteiger partial charge in [0.1, 0.15) is 11.4 Å². The Labute approximate surface area is 103 Å². The number of hydrogen-bond acceptors (Lipinski definition) is 3. The third kappa shape index (κ3) is 2.00. The quantitative estimate of drug-likeness (QED) is 0.845. The Bertz CT molecular complexity index is 432. The summed E-state index contributed by atoms with van der Waals surface area (Å²) in [5.74, 6) is 1.07. The fraction of sp³-hybridized carbons (Fsp3) is 0.571. The van der Waals surface area contributed by atoms with Gasteiger partial charge in [0.2, 0.25) is 0 Å². The first-order valence-corrected chi connectivity index (χ1v) is 6.40. The Morgan fingerprint density at radius 3 is 3.06 bits per heavy atom. The molecular weight excluding hydrogens is 212 g/mol. The third-order valence-electron chi connectivity index (χ3n) is 3.81. The topological polar surface area (TPSA) is 24.5 Å². The van der Waals surface area contributed by atoms with Gasteiger partial charge in [0.25, 0.3) is 0 Å². The van der Waals surface area contributed by atoms with Gasteiger partial charge in [-0.15, -0.1) is 0 Å². The predicted octanol–water partition coefficient (Wildman–Crippen LogP) is 2.13. The molecule has 0 aliphatic carbocycles. The van der Waals surface area contributed by atoms with Crippen LogP contribution in [-0.4, -0.2) is 37.2 Å². The van der Waals surface area contributed by atoms with E-state index in [1.807, 2.05) is 0 Å².